The van der Waals surface area contributed by atoms with E-state index in [-0.39, 0.29) is 12.0 Å². The lowest BCUT2D eigenvalue weighted by molar-refractivity contribution is -0.145. The lowest BCUT2D eigenvalue weighted by Crippen LogP contribution is -2.42. The van der Waals surface area contributed by atoms with Crippen LogP contribution in [-0.2, 0) is 14.3 Å². The van der Waals surface area contributed by atoms with Gasteiger partial charge in [0.1, 0.15) is 6.04 Å². The Morgan fingerprint density at radius 3 is 2.61 bits per heavy atom. The van der Waals surface area contributed by atoms with Crippen molar-refractivity contribution in [3.05, 3.63) is 0 Å². The van der Waals surface area contributed by atoms with Crippen molar-refractivity contribution in [2.45, 2.75) is 38.3 Å². The summed E-state index contributed by atoms with van der Waals surface area (Å²) in [7, 11) is 3.58. The van der Waals surface area contributed by atoms with Gasteiger partial charge in [-0.3, -0.25) is 4.79 Å². The summed E-state index contributed by atoms with van der Waals surface area (Å²) >= 11 is 0. The normalized spacial score (nSPS) is 19.7. The fourth-order valence-electron chi connectivity index (χ4n) is 2.30. The number of nitrogens with zero attached hydrogens (tertiary/aromatic N) is 1. The molecule has 0 aromatic carbocycles. The van der Waals surface area contributed by atoms with Crippen molar-refractivity contribution in [1.29, 1.82) is 0 Å². The fraction of sp³-hybridized carbons (Fsp3) is 0.923. The third-order valence-electron chi connectivity index (χ3n) is 3.52. The molecule has 1 aliphatic rings. The summed E-state index contributed by atoms with van der Waals surface area (Å²) in [6.07, 6.45) is 3.37. The molecule has 1 fully saturated rings. The van der Waals surface area contributed by atoms with Crippen molar-refractivity contribution >= 4 is 5.97 Å². The first kappa shape index (κ1) is 15.4. The summed E-state index contributed by atoms with van der Waals surface area (Å²) in [4.78, 5) is 14.0. The lowest BCUT2D eigenvalue weighted by Gasteiger charge is -2.31. The number of likely N-dealkylation sites (tertiary alicyclic amines) is 1. The van der Waals surface area contributed by atoms with E-state index < -0.39 is 0 Å². The zero-order valence-corrected chi connectivity index (χ0v) is 11.8. The van der Waals surface area contributed by atoms with Gasteiger partial charge in [0.2, 0.25) is 0 Å². The first-order chi connectivity index (χ1) is 8.71. The highest BCUT2D eigenvalue weighted by Crippen LogP contribution is 2.13. The van der Waals surface area contributed by atoms with E-state index in [4.69, 9.17) is 9.47 Å². The van der Waals surface area contributed by atoms with Crippen molar-refractivity contribution < 1.29 is 14.3 Å². The molecule has 5 nitrogen and oxygen atoms in total. The largest absolute Gasteiger partial charge is 0.465 e. The van der Waals surface area contributed by atoms with Gasteiger partial charge in [-0.05, 0) is 33.2 Å². The Bertz CT molecular complexity index is 240. The van der Waals surface area contributed by atoms with Crippen LogP contribution in [-0.4, -0.2) is 63.4 Å². The van der Waals surface area contributed by atoms with Crippen LogP contribution in [0, 0.1) is 0 Å². The number of likely N-dealkylation sites (N-methyl/N-ethyl adjacent to an activating group) is 1. The van der Waals surface area contributed by atoms with Gasteiger partial charge in [-0.2, -0.15) is 0 Å². The molecule has 0 saturated carbocycles. The predicted octanol–water partition coefficient (Wildman–Crippen LogP) is 0.638. The highest BCUT2D eigenvalue weighted by Gasteiger charge is 2.22. The van der Waals surface area contributed by atoms with Crippen LogP contribution >= 0.6 is 0 Å². The molecule has 0 spiro atoms. The summed E-state index contributed by atoms with van der Waals surface area (Å²) < 4.78 is 10.4. The number of esters is 1. The SMILES string of the molecule is CCOC(=O)C(CCN1CCC(OC)CC1)NC. The Morgan fingerprint density at radius 1 is 1.44 bits per heavy atom. The Morgan fingerprint density at radius 2 is 2.11 bits per heavy atom. The van der Waals surface area contributed by atoms with Gasteiger partial charge in [0.05, 0.1) is 12.7 Å². The van der Waals surface area contributed by atoms with E-state index in [1.807, 2.05) is 6.92 Å². The molecule has 1 saturated heterocycles. The second-order valence-corrected chi connectivity index (χ2v) is 4.66. The number of nitrogens with one attached hydrogen (secondary N) is 1. The van der Waals surface area contributed by atoms with Crippen molar-refractivity contribution in [2.24, 2.45) is 0 Å². The molecule has 0 aromatic heterocycles. The number of carbonyl (C=O) groups excluding carboxylic acids is 1. The Kier molecular flexibility index (Phi) is 7.23. The van der Waals surface area contributed by atoms with Crippen LogP contribution in [0.15, 0.2) is 0 Å². The molecule has 1 unspecified atom stereocenters. The maximum Gasteiger partial charge on any atom is 0.323 e. The lowest BCUT2D eigenvalue weighted by atomic mass is 10.1. The molecule has 1 atom stereocenters. The van der Waals surface area contributed by atoms with E-state index in [1.54, 1.807) is 14.2 Å². The number of methoxy groups -OCH3 is 1. The Labute approximate surface area is 110 Å². The molecule has 1 aliphatic heterocycles. The first-order valence-electron chi connectivity index (χ1n) is 6.80. The highest BCUT2D eigenvalue weighted by molar-refractivity contribution is 5.75. The van der Waals surface area contributed by atoms with Gasteiger partial charge < -0.3 is 19.7 Å². The molecule has 5 heteroatoms. The van der Waals surface area contributed by atoms with E-state index in [2.05, 4.69) is 10.2 Å². The van der Waals surface area contributed by atoms with Crippen molar-refractivity contribution in [2.75, 3.05) is 40.4 Å². The molecule has 0 aromatic rings. The third kappa shape index (κ3) is 4.92. The zero-order chi connectivity index (χ0) is 13.4. The van der Waals surface area contributed by atoms with Crippen LogP contribution in [0.25, 0.3) is 0 Å². The standard InChI is InChI=1S/C13H26N2O3/c1-4-18-13(16)12(14-2)7-10-15-8-5-11(17-3)6-9-15/h11-12,14H,4-10H2,1-3H3. The zero-order valence-electron chi connectivity index (χ0n) is 11.8. The molecule has 0 amide bonds. The number of hydrogen-bond acceptors (Lipinski definition) is 5. The Hall–Kier alpha value is -0.650. The van der Waals surface area contributed by atoms with Gasteiger partial charge >= 0.3 is 5.97 Å². The highest BCUT2D eigenvalue weighted by atomic mass is 16.5. The molecule has 1 N–H and O–H groups in total. The second kappa shape index (κ2) is 8.45. The van der Waals surface area contributed by atoms with Crippen LogP contribution < -0.4 is 5.32 Å². The van der Waals surface area contributed by atoms with E-state index in [0.29, 0.717) is 12.7 Å². The quantitative estimate of drug-likeness (QED) is 0.679. The number of ether oxygens (including phenoxy) is 2. The summed E-state index contributed by atoms with van der Waals surface area (Å²) in [6.45, 7) is 5.31. The molecule has 0 aliphatic carbocycles. The molecule has 1 heterocycles. The summed E-state index contributed by atoms with van der Waals surface area (Å²) in [5.41, 5.74) is 0. The average Bonchev–Trinajstić information content (AvgIpc) is 2.40. The van der Waals surface area contributed by atoms with Crippen molar-refractivity contribution in [1.82, 2.24) is 10.2 Å². The molecule has 0 radical (unpaired) electrons. The molecule has 0 bridgehead atoms. The van der Waals surface area contributed by atoms with E-state index >= 15 is 0 Å². The maximum absolute atomic E-state index is 11.6. The number of piperidine rings is 1. The molecular formula is C13H26N2O3. The van der Waals surface area contributed by atoms with Gasteiger partial charge in [0.15, 0.2) is 0 Å². The minimum Gasteiger partial charge on any atom is -0.465 e. The minimum atomic E-state index is -0.190. The van der Waals surface area contributed by atoms with Crippen LogP contribution in [0.4, 0.5) is 0 Å². The predicted molar refractivity (Wildman–Crippen MR) is 70.6 cm³/mol. The number of rotatable bonds is 7. The van der Waals surface area contributed by atoms with Crippen molar-refractivity contribution in [3.63, 3.8) is 0 Å². The monoisotopic (exact) mass is 258 g/mol. The van der Waals surface area contributed by atoms with Gasteiger partial charge in [-0.1, -0.05) is 0 Å². The molecule has 106 valence electrons. The Balaban J connectivity index is 2.24. The first-order valence-corrected chi connectivity index (χ1v) is 6.80. The maximum atomic E-state index is 11.6. The van der Waals surface area contributed by atoms with E-state index in [9.17, 15) is 4.79 Å². The summed E-state index contributed by atoms with van der Waals surface area (Å²) in [6, 6.07) is -0.190. The summed E-state index contributed by atoms with van der Waals surface area (Å²) in [5, 5.41) is 3.02. The van der Waals surface area contributed by atoms with Crippen LogP contribution in [0.3, 0.4) is 0 Å². The fourth-order valence-corrected chi connectivity index (χ4v) is 2.30. The van der Waals surface area contributed by atoms with Crippen LogP contribution in [0.2, 0.25) is 0 Å². The van der Waals surface area contributed by atoms with E-state index in [1.165, 1.54) is 0 Å². The number of carbonyl (C=O) groups is 1. The van der Waals surface area contributed by atoms with Crippen LogP contribution in [0.5, 0.6) is 0 Å². The van der Waals surface area contributed by atoms with Crippen LogP contribution in [0.1, 0.15) is 26.2 Å². The molecule has 18 heavy (non-hydrogen) atoms. The van der Waals surface area contributed by atoms with Crippen molar-refractivity contribution in [3.8, 4) is 0 Å². The van der Waals surface area contributed by atoms with Gasteiger partial charge in [-0.25, -0.2) is 0 Å². The minimum absolute atomic E-state index is 0.147. The molecular weight excluding hydrogens is 232 g/mol. The smallest absolute Gasteiger partial charge is 0.323 e. The van der Waals surface area contributed by atoms with E-state index in [0.717, 1.165) is 38.9 Å². The van der Waals surface area contributed by atoms with Gasteiger partial charge in [0, 0.05) is 26.7 Å². The van der Waals surface area contributed by atoms with Gasteiger partial charge in [-0.15, -0.1) is 0 Å². The second-order valence-electron chi connectivity index (χ2n) is 4.66. The third-order valence-corrected chi connectivity index (χ3v) is 3.52. The summed E-state index contributed by atoms with van der Waals surface area (Å²) in [5.74, 6) is -0.147. The topological polar surface area (TPSA) is 50.8 Å². The van der Waals surface area contributed by atoms with Gasteiger partial charge in [0.25, 0.3) is 0 Å². The number of hydrogen-bond donors (Lipinski definition) is 1. The average molecular weight is 258 g/mol. The molecule has 1 rings (SSSR count).